The summed E-state index contributed by atoms with van der Waals surface area (Å²) in [5.74, 6) is -0.202. The van der Waals surface area contributed by atoms with E-state index in [0.29, 0.717) is 22.8 Å². The van der Waals surface area contributed by atoms with Crippen molar-refractivity contribution in [3.8, 4) is 0 Å². The number of amides is 2. The summed E-state index contributed by atoms with van der Waals surface area (Å²) in [7, 11) is 0.173. The molecule has 162 valence electrons. The molecule has 0 spiro atoms. The molecule has 1 aromatic rings. The number of thioether (sulfide) groups is 1. The van der Waals surface area contributed by atoms with Crippen LogP contribution in [-0.2, 0) is 14.3 Å². The number of nitrogens with two attached hydrogens (primary N) is 1. The average Bonchev–Trinajstić information content (AvgIpc) is 3.47. The summed E-state index contributed by atoms with van der Waals surface area (Å²) in [5.41, 5.74) is 9.06. The second kappa shape index (κ2) is 9.47. The monoisotopic (exact) mass is 450 g/mol. The molecule has 30 heavy (non-hydrogen) atoms. The van der Waals surface area contributed by atoms with Crippen LogP contribution in [0.3, 0.4) is 0 Å². The Bertz CT molecular complexity index is 900. The highest BCUT2D eigenvalue weighted by atomic mass is 32.2. The number of benzene rings is 1. The van der Waals surface area contributed by atoms with Crippen molar-refractivity contribution in [1.82, 2.24) is 9.99 Å². The molecule has 0 aromatic heterocycles. The molecule has 2 heterocycles. The lowest BCUT2D eigenvalue weighted by Gasteiger charge is -2.33. The van der Waals surface area contributed by atoms with Crippen LogP contribution in [0.15, 0.2) is 29.3 Å². The maximum atomic E-state index is 12.6. The van der Waals surface area contributed by atoms with E-state index in [9.17, 15) is 9.59 Å². The maximum Gasteiger partial charge on any atom is 0.270 e. The lowest BCUT2D eigenvalue weighted by Crippen LogP contribution is -2.46. The summed E-state index contributed by atoms with van der Waals surface area (Å²) in [6, 6.07) is 5.83. The number of aliphatic imine (C=N–C) groups is 1. The minimum Gasteiger partial charge on any atom is -0.358 e. The number of nitrogens with zero attached hydrogens (tertiary/aromatic N) is 2. The third kappa shape index (κ3) is 5.21. The summed E-state index contributed by atoms with van der Waals surface area (Å²) < 4.78 is 5.68. The van der Waals surface area contributed by atoms with Gasteiger partial charge in [-0.3, -0.25) is 15.3 Å². The van der Waals surface area contributed by atoms with Gasteiger partial charge in [0.1, 0.15) is 32.6 Å². The zero-order valence-electron chi connectivity index (χ0n) is 17.8. The number of rotatable bonds is 7. The normalized spacial score (nSPS) is 19.6. The van der Waals surface area contributed by atoms with E-state index in [-0.39, 0.29) is 18.4 Å². The second-order valence-electron chi connectivity index (χ2n) is 7.44. The van der Waals surface area contributed by atoms with Crippen LogP contribution in [0.1, 0.15) is 18.1 Å². The van der Waals surface area contributed by atoms with Crippen molar-refractivity contribution in [2.24, 2.45) is 10.7 Å². The smallest absolute Gasteiger partial charge is 0.270 e. The van der Waals surface area contributed by atoms with E-state index in [2.05, 4.69) is 10.4 Å². The fraction of sp³-hybridized carbons (Fsp3) is 0.450. The van der Waals surface area contributed by atoms with Crippen LogP contribution < -0.4 is 16.1 Å². The maximum absolute atomic E-state index is 12.6. The molecule has 8 nitrogen and oxygen atoms in total. The Morgan fingerprint density at radius 2 is 2.13 bits per heavy atom. The Morgan fingerprint density at radius 3 is 2.70 bits per heavy atom. The second-order valence-corrected chi connectivity index (χ2v) is 12.0. The highest BCUT2D eigenvalue weighted by Crippen LogP contribution is 2.66. The first-order valence-corrected chi connectivity index (χ1v) is 13.3. The summed E-state index contributed by atoms with van der Waals surface area (Å²) in [5, 5.41) is 6.71. The lowest BCUT2D eigenvalue weighted by atomic mass is 10.1. The minimum absolute atomic E-state index is 0.0544. The standard InChI is InChI=1S/C20H28N5O3PS/c1-13-5-6-15(16(9-13)22-14(2)26)17-10-19(28-3)25(20(23-17)30-4)11-18(27)24-29(12-21)7-8-29/h5-6,9-10,19H,7-8,11-12,21H2,1-4H3,(H-,22,24,26,27)/p+1. The van der Waals surface area contributed by atoms with E-state index in [1.165, 1.54) is 18.7 Å². The molecule has 1 saturated heterocycles. The molecule has 10 heteroatoms. The van der Waals surface area contributed by atoms with Crippen LogP contribution in [0.4, 0.5) is 5.69 Å². The van der Waals surface area contributed by atoms with E-state index in [1.807, 2.05) is 42.4 Å². The molecule has 2 amide bonds. The van der Waals surface area contributed by atoms with E-state index < -0.39 is 13.6 Å². The lowest BCUT2D eigenvalue weighted by molar-refractivity contribution is -0.121. The van der Waals surface area contributed by atoms with Crippen LogP contribution in [-0.4, -0.2) is 66.6 Å². The molecule has 2 aliphatic rings. The molecule has 0 saturated carbocycles. The van der Waals surface area contributed by atoms with Crippen molar-refractivity contribution in [1.29, 1.82) is 0 Å². The number of amidine groups is 1. The van der Waals surface area contributed by atoms with E-state index in [4.69, 9.17) is 15.5 Å². The van der Waals surface area contributed by atoms with E-state index >= 15 is 0 Å². The number of hydrogen-bond donors (Lipinski definition) is 3. The fourth-order valence-corrected chi connectivity index (χ4v) is 6.13. The van der Waals surface area contributed by atoms with E-state index in [1.54, 1.807) is 7.11 Å². The number of carbonyl (C=O) groups is 2. The summed E-state index contributed by atoms with van der Waals surface area (Å²) >= 11 is 1.45. The topological polar surface area (TPSA) is 109 Å². The Labute approximate surface area is 182 Å². The summed E-state index contributed by atoms with van der Waals surface area (Å²) in [6.45, 7) is 3.60. The summed E-state index contributed by atoms with van der Waals surface area (Å²) in [4.78, 5) is 30.9. The number of hydrogen-bond acceptors (Lipinski definition) is 7. The first-order valence-electron chi connectivity index (χ1n) is 9.70. The fourth-order valence-electron chi connectivity index (χ4n) is 3.29. The first kappa shape index (κ1) is 22.7. The van der Waals surface area contributed by atoms with Crippen molar-refractivity contribution in [2.75, 3.05) is 43.8 Å². The molecule has 4 N–H and O–H groups in total. The first-order chi connectivity index (χ1) is 14.3. The summed E-state index contributed by atoms with van der Waals surface area (Å²) in [6.07, 6.45) is 5.93. The van der Waals surface area contributed by atoms with Gasteiger partial charge in [-0.1, -0.05) is 23.9 Å². The highest BCUT2D eigenvalue weighted by molar-refractivity contribution is 8.13. The van der Waals surface area contributed by atoms with Crippen molar-refractivity contribution in [2.45, 2.75) is 20.1 Å². The predicted octanol–water partition coefficient (Wildman–Crippen LogP) is 2.28. The molecular weight excluding hydrogens is 421 g/mol. The van der Waals surface area contributed by atoms with Gasteiger partial charge in [0.05, 0.1) is 11.4 Å². The van der Waals surface area contributed by atoms with Gasteiger partial charge in [-0.15, -0.1) is 0 Å². The zero-order valence-corrected chi connectivity index (χ0v) is 19.5. The van der Waals surface area contributed by atoms with Crippen molar-refractivity contribution in [3.05, 3.63) is 35.4 Å². The zero-order chi connectivity index (χ0) is 21.9. The number of methoxy groups -OCH3 is 1. The number of nitrogens with one attached hydrogen (secondary N) is 2. The number of aryl methyl sites for hydroxylation is 1. The Morgan fingerprint density at radius 1 is 1.40 bits per heavy atom. The van der Waals surface area contributed by atoms with Gasteiger partial charge in [-0.25, -0.2) is 10.1 Å². The Kier molecular flexibility index (Phi) is 7.18. The molecule has 2 aliphatic heterocycles. The van der Waals surface area contributed by atoms with Gasteiger partial charge in [-0.2, -0.15) is 0 Å². The van der Waals surface area contributed by atoms with Gasteiger partial charge in [0, 0.05) is 19.6 Å². The van der Waals surface area contributed by atoms with Gasteiger partial charge in [0.25, 0.3) is 5.91 Å². The van der Waals surface area contributed by atoms with E-state index in [0.717, 1.165) is 23.5 Å². The van der Waals surface area contributed by atoms with Gasteiger partial charge in [0.2, 0.25) is 5.91 Å². The highest BCUT2D eigenvalue weighted by Gasteiger charge is 2.53. The van der Waals surface area contributed by atoms with Crippen LogP contribution in [0.5, 0.6) is 0 Å². The van der Waals surface area contributed by atoms with Crippen molar-refractivity contribution in [3.63, 3.8) is 0 Å². The molecule has 0 aliphatic carbocycles. The quantitative estimate of drug-likeness (QED) is 0.550. The molecule has 1 fully saturated rings. The third-order valence-corrected chi connectivity index (χ3v) is 8.68. The molecule has 1 aromatic carbocycles. The van der Waals surface area contributed by atoms with Gasteiger partial charge < -0.3 is 15.0 Å². The largest absolute Gasteiger partial charge is 0.358 e. The minimum atomic E-state index is -1.43. The molecule has 0 bridgehead atoms. The molecule has 1 unspecified atom stereocenters. The van der Waals surface area contributed by atoms with Gasteiger partial charge in [0.15, 0.2) is 11.4 Å². The van der Waals surface area contributed by atoms with Crippen LogP contribution >= 0.6 is 19.2 Å². The Hall–Kier alpha value is -1.93. The van der Waals surface area contributed by atoms with Crippen molar-refractivity contribution < 1.29 is 14.3 Å². The van der Waals surface area contributed by atoms with Crippen LogP contribution in [0.25, 0.3) is 5.70 Å². The number of ether oxygens (including phenoxy) is 1. The average molecular weight is 451 g/mol. The number of anilines is 1. The van der Waals surface area contributed by atoms with Gasteiger partial charge >= 0.3 is 0 Å². The SMILES string of the molecule is COC1C=C(c2ccc(C)cc2NC(C)=O)N=C(SC)N1CC(=O)N[P+]1(CN)CC1. The molecular formula is C20H29N5O3PS+. The Balaban J connectivity index is 1.87. The molecule has 3 rings (SSSR count). The van der Waals surface area contributed by atoms with Crippen LogP contribution in [0, 0.1) is 6.92 Å². The van der Waals surface area contributed by atoms with Gasteiger partial charge in [-0.05, 0) is 30.9 Å². The predicted molar refractivity (Wildman–Crippen MR) is 126 cm³/mol. The van der Waals surface area contributed by atoms with Crippen molar-refractivity contribution >= 4 is 47.5 Å². The van der Waals surface area contributed by atoms with Crippen LogP contribution in [0.2, 0.25) is 0 Å². The molecule has 0 radical (unpaired) electrons. The third-order valence-electron chi connectivity index (χ3n) is 5.04. The molecule has 1 atom stereocenters. The number of carbonyl (C=O) groups excluding carboxylic acids is 2.